The van der Waals surface area contributed by atoms with E-state index in [2.05, 4.69) is 34.4 Å². The van der Waals surface area contributed by atoms with Gasteiger partial charge in [0.1, 0.15) is 0 Å². The number of nitrogens with zero attached hydrogens (tertiary/aromatic N) is 2. The Balaban J connectivity index is 0.00000484. The minimum atomic E-state index is -4.05. The molecular formula is C15H30F3IN4. The lowest BCUT2D eigenvalue weighted by Crippen LogP contribution is -2.49. The van der Waals surface area contributed by atoms with E-state index in [-0.39, 0.29) is 30.4 Å². The molecule has 138 valence electrons. The van der Waals surface area contributed by atoms with Crippen LogP contribution >= 0.6 is 24.0 Å². The first-order chi connectivity index (χ1) is 10.3. The largest absolute Gasteiger partial charge is 0.389 e. The lowest BCUT2D eigenvalue weighted by atomic mass is 10.0. The molecule has 0 aromatic carbocycles. The number of rotatable bonds is 6. The normalized spacial score (nSPS) is 18.0. The van der Waals surface area contributed by atoms with Crippen LogP contribution in [-0.2, 0) is 0 Å². The highest BCUT2D eigenvalue weighted by Gasteiger charge is 2.26. The van der Waals surface area contributed by atoms with Gasteiger partial charge in [-0.1, -0.05) is 0 Å². The summed E-state index contributed by atoms with van der Waals surface area (Å²) in [5, 5.41) is 6.46. The number of nitrogens with one attached hydrogen (secondary N) is 2. The molecule has 8 heteroatoms. The van der Waals surface area contributed by atoms with Crippen molar-refractivity contribution < 1.29 is 13.2 Å². The van der Waals surface area contributed by atoms with E-state index >= 15 is 0 Å². The van der Waals surface area contributed by atoms with Gasteiger partial charge in [0.25, 0.3) is 0 Å². The van der Waals surface area contributed by atoms with E-state index in [0.29, 0.717) is 31.0 Å². The van der Waals surface area contributed by atoms with E-state index in [4.69, 9.17) is 0 Å². The Bertz CT molecular complexity index is 340. The predicted molar refractivity (Wildman–Crippen MR) is 99.5 cm³/mol. The standard InChI is InChI=1S/C15H29F3N4.HI/c1-12(2)22-10-6-13(7-11-22)21-14(19-3)20-9-5-4-8-15(16,17)18;/h12-13H,4-11H2,1-3H3,(H2,19,20,21);1H. The highest BCUT2D eigenvalue weighted by molar-refractivity contribution is 14.0. The van der Waals surface area contributed by atoms with Crippen molar-refractivity contribution >= 4 is 29.9 Å². The second-order valence-electron chi connectivity index (χ2n) is 6.12. The van der Waals surface area contributed by atoms with Crippen molar-refractivity contribution in [2.75, 3.05) is 26.7 Å². The molecule has 0 bridgehead atoms. The minimum Gasteiger partial charge on any atom is -0.356 e. The molecule has 0 aromatic rings. The number of halogens is 4. The zero-order valence-electron chi connectivity index (χ0n) is 14.2. The third kappa shape index (κ3) is 10.3. The van der Waals surface area contributed by atoms with E-state index in [9.17, 15) is 13.2 Å². The number of unbranched alkanes of at least 4 members (excludes halogenated alkanes) is 1. The number of hydrogen-bond acceptors (Lipinski definition) is 2. The van der Waals surface area contributed by atoms with Crippen LogP contribution in [-0.4, -0.2) is 55.8 Å². The van der Waals surface area contributed by atoms with Crippen LogP contribution < -0.4 is 10.6 Å². The molecule has 0 unspecified atom stereocenters. The minimum absolute atomic E-state index is 0. The van der Waals surface area contributed by atoms with Gasteiger partial charge < -0.3 is 15.5 Å². The van der Waals surface area contributed by atoms with Crippen LogP contribution in [0.2, 0.25) is 0 Å². The molecule has 0 atom stereocenters. The molecule has 2 N–H and O–H groups in total. The summed E-state index contributed by atoms with van der Waals surface area (Å²) in [7, 11) is 1.69. The van der Waals surface area contributed by atoms with Crippen LogP contribution in [0.25, 0.3) is 0 Å². The molecule has 1 aliphatic rings. The second-order valence-corrected chi connectivity index (χ2v) is 6.12. The molecule has 0 amide bonds. The Kier molecular flexibility index (Phi) is 11.2. The fraction of sp³-hybridized carbons (Fsp3) is 0.933. The van der Waals surface area contributed by atoms with Crippen LogP contribution in [0.5, 0.6) is 0 Å². The lowest BCUT2D eigenvalue weighted by Gasteiger charge is -2.35. The second kappa shape index (κ2) is 11.3. The van der Waals surface area contributed by atoms with Gasteiger partial charge in [0, 0.05) is 45.2 Å². The summed E-state index contributed by atoms with van der Waals surface area (Å²) in [4.78, 5) is 6.59. The lowest BCUT2D eigenvalue weighted by molar-refractivity contribution is -0.135. The molecule has 1 saturated heterocycles. The Labute approximate surface area is 154 Å². The first-order valence-electron chi connectivity index (χ1n) is 8.10. The predicted octanol–water partition coefficient (Wildman–Crippen LogP) is 3.37. The Morgan fingerprint density at radius 2 is 1.83 bits per heavy atom. The van der Waals surface area contributed by atoms with E-state index in [1.54, 1.807) is 7.05 Å². The maximum atomic E-state index is 12.0. The van der Waals surface area contributed by atoms with Gasteiger partial charge in [-0.25, -0.2) is 0 Å². The highest BCUT2D eigenvalue weighted by Crippen LogP contribution is 2.21. The fourth-order valence-corrected chi connectivity index (χ4v) is 2.61. The summed E-state index contributed by atoms with van der Waals surface area (Å²) >= 11 is 0. The van der Waals surface area contributed by atoms with E-state index in [1.807, 2.05) is 0 Å². The summed E-state index contributed by atoms with van der Waals surface area (Å²) < 4.78 is 36.1. The molecule has 1 aliphatic heterocycles. The van der Waals surface area contributed by atoms with Crippen LogP contribution in [0, 0.1) is 0 Å². The average Bonchev–Trinajstić information content (AvgIpc) is 2.45. The molecule has 0 aliphatic carbocycles. The molecule has 0 saturated carbocycles. The highest BCUT2D eigenvalue weighted by atomic mass is 127. The van der Waals surface area contributed by atoms with E-state index < -0.39 is 12.6 Å². The number of hydrogen-bond donors (Lipinski definition) is 2. The zero-order valence-corrected chi connectivity index (χ0v) is 16.6. The van der Waals surface area contributed by atoms with Crippen molar-refractivity contribution in [1.82, 2.24) is 15.5 Å². The monoisotopic (exact) mass is 450 g/mol. The third-order valence-electron chi connectivity index (χ3n) is 4.00. The molecule has 1 rings (SSSR count). The van der Waals surface area contributed by atoms with Crippen molar-refractivity contribution in [2.24, 2.45) is 4.99 Å². The number of guanidine groups is 1. The molecule has 0 radical (unpaired) electrons. The Morgan fingerprint density at radius 3 is 2.30 bits per heavy atom. The molecule has 1 fully saturated rings. The Morgan fingerprint density at radius 1 is 1.22 bits per heavy atom. The number of alkyl halides is 3. The van der Waals surface area contributed by atoms with Crippen LogP contribution in [0.15, 0.2) is 4.99 Å². The SMILES string of the molecule is CN=C(NCCCCC(F)(F)F)NC1CCN(C(C)C)CC1.I. The summed E-state index contributed by atoms with van der Waals surface area (Å²) in [5.74, 6) is 0.690. The first-order valence-corrected chi connectivity index (χ1v) is 8.10. The summed E-state index contributed by atoms with van der Waals surface area (Å²) in [6.07, 6.45) is -2.00. The molecule has 4 nitrogen and oxygen atoms in total. The number of piperidine rings is 1. The van der Waals surface area contributed by atoms with E-state index in [1.165, 1.54) is 0 Å². The molecule has 0 spiro atoms. The van der Waals surface area contributed by atoms with Gasteiger partial charge in [-0.15, -0.1) is 24.0 Å². The van der Waals surface area contributed by atoms with Crippen LogP contribution in [0.3, 0.4) is 0 Å². The van der Waals surface area contributed by atoms with Gasteiger partial charge in [0.15, 0.2) is 5.96 Å². The number of aliphatic imine (C=N–C) groups is 1. The number of likely N-dealkylation sites (tertiary alicyclic amines) is 1. The summed E-state index contributed by atoms with van der Waals surface area (Å²) in [5.41, 5.74) is 0. The van der Waals surface area contributed by atoms with Crippen LogP contribution in [0.1, 0.15) is 46.0 Å². The summed E-state index contributed by atoms with van der Waals surface area (Å²) in [6.45, 7) is 7.06. The molecule has 0 aromatic heterocycles. The van der Waals surface area contributed by atoms with Crippen molar-refractivity contribution in [1.29, 1.82) is 0 Å². The van der Waals surface area contributed by atoms with E-state index in [0.717, 1.165) is 25.9 Å². The van der Waals surface area contributed by atoms with Crippen molar-refractivity contribution in [2.45, 2.75) is 64.2 Å². The van der Waals surface area contributed by atoms with Gasteiger partial charge in [-0.05, 0) is 39.5 Å². The Hall–Kier alpha value is -0.250. The van der Waals surface area contributed by atoms with Crippen molar-refractivity contribution in [3.63, 3.8) is 0 Å². The van der Waals surface area contributed by atoms with Crippen molar-refractivity contribution in [3.05, 3.63) is 0 Å². The quantitative estimate of drug-likeness (QED) is 0.282. The molecular weight excluding hydrogens is 420 g/mol. The van der Waals surface area contributed by atoms with Crippen LogP contribution in [0.4, 0.5) is 13.2 Å². The zero-order chi connectivity index (χ0) is 16.6. The smallest absolute Gasteiger partial charge is 0.356 e. The third-order valence-corrected chi connectivity index (χ3v) is 4.00. The van der Waals surface area contributed by atoms with Gasteiger partial charge in [0.05, 0.1) is 0 Å². The van der Waals surface area contributed by atoms with Gasteiger partial charge in [0.2, 0.25) is 0 Å². The van der Waals surface area contributed by atoms with Gasteiger partial charge in [-0.3, -0.25) is 4.99 Å². The van der Waals surface area contributed by atoms with Gasteiger partial charge >= 0.3 is 6.18 Å². The maximum Gasteiger partial charge on any atom is 0.389 e. The maximum absolute atomic E-state index is 12.0. The summed E-state index contributed by atoms with van der Waals surface area (Å²) in [6, 6.07) is 0.961. The fourth-order valence-electron chi connectivity index (χ4n) is 2.61. The van der Waals surface area contributed by atoms with Crippen molar-refractivity contribution in [3.8, 4) is 0 Å². The first kappa shape index (κ1) is 22.8. The molecule has 23 heavy (non-hydrogen) atoms. The van der Waals surface area contributed by atoms with Gasteiger partial charge in [-0.2, -0.15) is 13.2 Å². The topological polar surface area (TPSA) is 39.7 Å². The molecule has 1 heterocycles. The average molecular weight is 450 g/mol.